The summed E-state index contributed by atoms with van der Waals surface area (Å²) >= 11 is 6.39. The Morgan fingerprint density at radius 3 is 2.56 bits per heavy atom. The average Bonchev–Trinajstić information content (AvgIpc) is 3.04. The number of nitrogens with zero attached hydrogens (tertiary/aromatic N) is 4. The topological polar surface area (TPSA) is 79.8 Å². The lowest BCUT2D eigenvalue weighted by atomic mass is 9.97. The fraction of sp³-hybridized carbons (Fsp3) is 0.640. The Morgan fingerprint density at radius 2 is 1.88 bits per heavy atom. The molecule has 184 valence electrons. The second-order valence-electron chi connectivity index (χ2n) is 10.6. The predicted octanol–water partition coefficient (Wildman–Crippen LogP) is 4.46. The molecule has 5 rings (SSSR count). The van der Waals surface area contributed by atoms with E-state index >= 15 is 0 Å². The summed E-state index contributed by atoms with van der Waals surface area (Å²) in [7, 11) is 0. The Bertz CT molecular complexity index is 1040. The van der Waals surface area contributed by atoms with Gasteiger partial charge in [-0.2, -0.15) is 0 Å². The predicted molar refractivity (Wildman–Crippen MR) is 132 cm³/mol. The molecule has 5 heterocycles. The Morgan fingerprint density at radius 1 is 1.18 bits per heavy atom. The van der Waals surface area contributed by atoms with Crippen LogP contribution in [0.4, 0.5) is 10.6 Å². The highest BCUT2D eigenvalue weighted by Crippen LogP contribution is 2.38. The summed E-state index contributed by atoms with van der Waals surface area (Å²) in [6.07, 6.45) is 3.57. The number of carbonyl (C=O) groups excluding carboxylic acids is 1. The van der Waals surface area contributed by atoms with Crippen molar-refractivity contribution in [2.24, 2.45) is 0 Å². The van der Waals surface area contributed by atoms with Gasteiger partial charge in [0, 0.05) is 49.2 Å². The molecular formula is C25H34ClN5O3. The lowest BCUT2D eigenvalue weighted by Crippen LogP contribution is -2.51. The van der Waals surface area contributed by atoms with Crippen LogP contribution in [0.1, 0.15) is 52.1 Å². The van der Waals surface area contributed by atoms with Gasteiger partial charge in [-0.05, 0) is 58.6 Å². The third kappa shape index (κ3) is 5.24. The summed E-state index contributed by atoms with van der Waals surface area (Å²) in [5.41, 5.74) is 1.39. The number of piperidine rings is 1. The Balaban J connectivity index is 1.30. The monoisotopic (exact) mass is 487 g/mol. The molecule has 3 atom stereocenters. The summed E-state index contributed by atoms with van der Waals surface area (Å²) < 4.78 is 11.1. The maximum absolute atomic E-state index is 12.8. The van der Waals surface area contributed by atoms with Crippen molar-refractivity contribution in [3.63, 3.8) is 0 Å². The van der Waals surface area contributed by atoms with Gasteiger partial charge in [0.15, 0.2) is 0 Å². The number of carbonyl (C=O) groups is 1. The number of pyridine rings is 2. The van der Waals surface area contributed by atoms with Gasteiger partial charge in [-0.1, -0.05) is 11.6 Å². The Labute approximate surface area is 206 Å². The first-order valence-electron chi connectivity index (χ1n) is 12.3. The van der Waals surface area contributed by atoms with Crippen molar-refractivity contribution in [2.45, 2.75) is 76.7 Å². The summed E-state index contributed by atoms with van der Waals surface area (Å²) in [5.74, 6) is 0.767. The minimum Gasteiger partial charge on any atom is -0.444 e. The van der Waals surface area contributed by atoms with Crippen LogP contribution >= 0.6 is 11.6 Å². The van der Waals surface area contributed by atoms with E-state index in [1.165, 1.54) is 0 Å². The molecular weight excluding hydrogens is 454 g/mol. The van der Waals surface area contributed by atoms with Gasteiger partial charge in [0.1, 0.15) is 16.6 Å². The molecule has 34 heavy (non-hydrogen) atoms. The van der Waals surface area contributed by atoms with E-state index in [1.807, 2.05) is 31.7 Å². The zero-order valence-electron chi connectivity index (χ0n) is 20.2. The average molecular weight is 488 g/mol. The van der Waals surface area contributed by atoms with E-state index in [-0.39, 0.29) is 24.2 Å². The molecule has 3 saturated heterocycles. The fourth-order valence-corrected chi connectivity index (χ4v) is 5.61. The van der Waals surface area contributed by atoms with Gasteiger partial charge < -0.3 is 19.7 Å². The van der Waals surface area contributed by atoms with Gasteiger partial charge in [0.25, 0.3) is 0 Å². The number of amides is 1. The molecule has 2 aromatic heterocycles. The molecule has 3 aliphatic heterocycles. The van der Waals surface area contributed by atoms with Gasteiger partial charge in [0.2, 0.25) is 0 Å². The van der Waals surface area contributed by atoms with Crippen LogP contribution in [0.2, 0.25) is 5.15 Å². The van der Waals surface area contributed by atoms with Crippen LogP contribution in [0.15, 0.2) is 18.2 Å². The van der Waals surface area contributed by atoms with Crippen LogP contribution in [0.25, 0.3) is 10.9 Å². The molecule has 3 aliphatic rings. The number of hydrogen-bond acceptors (Lipinski definition) is 7. The zero-order valence-corrected chi connectivity index (χ0v) is 21.0. The van der Waals surface area contributed by atoms with Gasteiger partial charge in [-0.15, -0.1) is 0 Å². The number of fused-ring (bicyclic) bond motifs is 3. The largest absolute Gasteiger partial charge is 0.444 e. The van der Waals surface area contributed by atoms with Crippen molar-refractivity contribution < 1.29 is 14.3 Å². The van der Waals surface area contributed by atoms with Crippen molar-refractivity contribution in [1.29, 1.82) is 0 Å². The maximum Gasteiger partial charge on any atom is 0.410 e. The van der Waals surface area contributed by atoms with Crippen molar-refractivity contribution in [2.75, 3.05) is 31.6 Å². The number of ether oxygens (including phenoxy) is 2. The van der Waals surface area contributed by atoms with Crippen molar-refractivity contribution in [3.05, 3.63) is 29.0 Å². The summed E-state index contributed by atoms with van der Waals surface area (Å²) in [4.78, 5) is 26.6. The fourth-order valence-electron chi connectivity index (χ4n) is 5.43. The molecule has 0 aromatic carbocycles. The first-order valence-corrected chi connectivity index (χ1v) is 12.7. The van der Waals surface area contributed by atoms with E-state index in [9.17, 15) is 4.79 Å². The van der Waals surface area contributed by atoms with E-state index in [1.54, 1.807) is 0 Å². The molecule has 3 fully saturated rings. The summed E-state index contributed by atoms with van der Waals surface area (Å²) in [6.45, 7) is 9.93. The molecule has 0 radical (unpaired) electrons. The summed E-state index contributed by atoms with van der Waals surface area (Å²) in [6, 6.07) is 6.60. The Kier molecular flexibility index (Phi) is 6.57. The van der Waals surface area contributed by atoms with Crippen molar-refractivity contribution in [1.82, 2.24) is 19.8 Å². The number of halogens is 1. The highest BCUT2D eigenvalue weighted by atomic mass is 35.5. The third-order valence-electron chi connectivity index (χ3n) is 6.88. The van der Waals surface area contributed by atoms with Gasteiger partial charge >= 0.3 is 6.09 Å². The first-order chi connectivity index (χ1) is 16.2. The number of nitrogens with one attached hydrogen (secondary N) is 1. The molecule has 2 bridgehead atoms. The molecule has 0 aliphatic carbocycles. The maximum atomic E-state index is 12.8. The molecule has 1 amide bonds. The molecule has 0 spiro atoms. The lowest BCUT2D eigenvalue weighted by Gasteiger charge is -2.39. The smallest absolute Gasteiger partial charge is 0.410 e. The zero-order chi connectivity index (χ0) is 23.9. The quantitative estimate of drug-likeness (QED) is 0.638. The SMILES string of the molecule is CC(C)(C)OC(=O)N1[C@@H]2CC[C@H]1C[C@H](Nc1nc(Cl)cc3nc(CN4CCOCC4)ccc13)C2. The van der Waals surface area contributed by atoms with Gasteiger partial charge in [-0.3, -0.25) is 9.88 Å². The highest BCUT2D eigenvalue weighted by Gasteiger charge is 2.45. The van der Waals surface area contributed by atoms with Crippen molar-refractivity contribution in [3.8, 4) is 0 Å². The standard InChI is InChI=1S/C25H34ClN5O3/c1-25(2,3)34-24(32)31-18-5-6-19(31)13-17(12-18)28-23-20-7-4-16(15-30-8-10-33-11-9-30)27-21(20)14-22(26)29-23/h4,7,14,17-19H,5-6,8-13,15H2,1-3H3,(H,28,29)/t17-,18-,19+. The van der Waals surface area contributed by atoms with Gasteiger partial charge in [-0.25, -0.2) is 9.78 Å². The van der Waals surface area contributed by atoms with E-state index in [0.717, 1.165) is 80.9 Å². The molecule has 0 saturated carbocycles. The number of aromatic nitrogens is 2. The minimum atomic E-state index is -0.483. The minimum absolute atomic E-state index is 0.190. The molecule has 0 unspecified atom stereocenters. The van der Waals surface area contributed by atoms with Crippen LogP contribution < -0.4 is 5.32 Å². The second kappa shape index (κ2) is 9.47. The Hall–Kier alpha value is -2.16. The normalized spacial score (nSPS) is 25.5. The van der Waals surface area contributed by atoms with Crippen LogP contribution in [0.3, 0.4) is 0 Å². The summed E-state index contributed by atoms with van der Waals surface area (Å²) in [5, 5.41) is 5.03. The number of hydrogen-bond donors (Lipinski definition) is 1. The van der Waals surface area contributed by atoms with Crippen LogP contribution in [0, 0.1) is 0 Å². The highest BCUT2D eigenvalue weighted by molar-refractivity contribution is 6.30. The lowest BCUT2D eigenvalue weighted by molar-refractivity contribution is 0.00683. The van der Waals surface area contributed by atoms with E-state index in [2.05, 4.69) is 27.3 Å². The van der Waals surface area contributed by atoms with Crippen LogP contribution in [-0.4, -0.2) is 75.9 Å². The van der Waals surface area contributed by atoms with Gasteiger partial charge in [0.05, 0.1) is 24.4 Å². The van der Waals surface area contributed by atoms with E-state index < -0.39 is 5.60 Å². The number of anilines is 1. The molecule has 9 heteroatoms. The van der Waals surface area contributed by atoms with Crippen LogP contribution in [-0.2, 0) is 16.0 Å². The number of morpholine rings is 1. The van der Waals surface area contributed by atoms with E-state index in [0.29, 0.717) is 5.15 Å². The molecule has 8 nitrogen and oxygen atoms in total. The third-order valence-corrected chi connectivity index (χ3v) is 7.07. The van der Waals surface area contributed by atoms with E-state index in [4.69, 9.17) is 26.1 Å². The first kappa shape index (κ1) is 23.6. The molecule has 1 N–H and O–H groups in total. The number of rotatable bonds is 4. The van der Waals surface area contributed by atoms with Crippen LogP contribution in [0.5, 0.6) is 0 Å². The van der Waals surface area contributed by atoms with Crippen molar-refractivity contribution >= 4 is 34.4 Å². The second-order valence-corrected chi connectivity index (χ2v) is 11.0. The molecule has 2 aromatic rings.